The number of rotatable bonds is 5. The molecule has 0 aliphatic heterocycles. The topological polar surface area (TPSA) is 84.1 Å². The summed E-state index contributed by atoms with van der Waals surface area (Å²) in [5, 5.41) is 13.7. The lowest BCUT2D eigenvalue weighted by molar-refractivity contribution is 0.464. The number of anilines is 2. The molecule has 0 amide bonds. The van der Waals surface area contributed by atoms with E-state index in [1.807, 2.05) is 12.1 Å². The molecular formula is C14H17ClN4O. The standard InChI is InChI=1S/C14H17ClN4O/c1-2-3-5-9(8-20)17-13-10-6-4-7-11(15)12(10)18-14(16)19-13/h4,6-8,20H,2-3,5H2,1H3,(H3,16,17,18,19)/b9-8+. The third-order valence-electron chi connectivity index (χ3n) is 2.93. The summed E-state index contributed by atoms with van der Waals surface area (Å²) < 4.78 is 0. The predicted octanol–water partition coefficient (Wildman–Crippen LogP) is 3.87. The normalized spacial score (nSPS) is 11.8. The zero-order valence-electron chi connectivity index (χ0n) is 11.2. The molecule has 1 heterocycles. The number of hydrogen-bond donors (Lipinski definition) is 3. The predicted molar refractivity (Wildman–Crippen MR) is 82.8 cm³/mol. The molecule has 0 saturated heterocycles. The molecule has 1 aromatic heterocycles. The zero-order chi connectivity index (χ0) is 14.5. The first kappa shape index (κ1) is 14.4. The molecule has 0 aliphatic carbocycles. The molecule has 1 aromatic carbocycles. The lowest BCUT2D eigenvalue weighted by Crippen LogP contribution is -2.06. The molecule has 4 N–H and O–H groups in total. The maximum atomic E-state index is 9.28. The van der Waals surface area contributed by atoms with E-state index in [-0.39, 0.29) is 5.95 Å². The Kier molecular flexibility index (Phi) is 4.63. The zero-order valence-corrected chi connectivity index (χ0v) is 12.0. The van der Waals surface area contributed by atoms with E-state index in [1.165, 1.54) is 0 Å². The summed E-state index contributed by atoms with van der Waals surface area (Å²) in [7, 11) is 0. The van der Waals surface area contributed by atoms with Crippen LogP contribution in [-0.4, -0.2) is 15.1 Å². The Morgan fingerprint density at radius 3 is 2.95 bits per heavy atom. The van der Waals surface area contributed by atoms with Gasteiger partial charge in [0.1, 0.15) is 5.82 Å². The highest BCUT2D eigenvalue weighted by Gasteiger charge is 2.10. The number of nitrogens with two attached hydrogens (primary N) is 1. The maximum Gasteiger partial charge on any atom is 0.222 e. The highest BCUT2D eigenvalue weighted by Crippen LogP contribution is 2.28. The van der Waals surface area contributed by atoms with Gasteiger partial charge in [-0.3, -0.25) is 0 Å². The van der Waals surface area contributed by atoms with Gasteiger partial charge in [-0.1, -0.05) is 31.0 Å². The highest BCUT2D eigenvalue weighted by molar-refractivity contribution is 6.35. The van der Waals surface area contributed by atoms with Gasteiger partial charge in [0.15, 0.2) is 0 Å². The van der Waals surface area contributed by atoms with Crippen molar-refractivity contribution in [3.8, 4) is 0 Å². The molecule has 2 aromatic rings. The Labute approximate surface area is 122 Å². The molecule has 0 atom stereocenters. The van der Waals surface area contributed by atoms with Crippen molar-refractivity contribution in [3.05, 3.63) is 35.2 Å². The first-order valence-corrected chi connectivity index (χ1v) is 6.85. The fourth-order valence-electron chi connectivity index (χ4n) is 1.91. The van der Waals surface area contributed by atoms with E-state index in [4.69, 9.17) is 17.3 Å². The number of benzene rings is 1. The second kappa shape index (κ2) is 6.43. The number of nitrogens with zero attached hydrogens (tertiary/aromatic N) is 2. The van der Waals surface area contributed by atoms with Crippen LogP contribution < -0.4 is 11.1 Å². The van der Waals surface area contributed by atoms with E-state index in [0.717, 1.165) is 30.9 Å². The first-order chi connectivity index (χ1) is 9.65. The van der Waals surface area contributed by atoms with E-state index < -0.39 is 0 Å². The molecule has 0 saturated carbocycles. The summed E-state index contributed by atoms with van der Waals surface area (Å²) in [6, 6.07) is 5.43. The number of aliphatic hydroxyl groups excluding tert-OH is 1. The minimum Gasteiger partial charge on any atom is -0.514 e. The van der Waals surface area contributed by atoms with Crippen molar-refractivity contribution in [2.24, 2.45) is 0 Å². The van der Waals surface area contributed by atoms with Gasteiger partial charge in [0.2, 0.25) is 5.95 Å². The quantitative estimate of drug-likeness (QED) is 0.729. The van der Waals surface area contributed by atoms with Crippen molar-refractivity contribution in [1.82, 2.24) is 9.97 Å². The van der Waals surface area contributed by atoms with Crippen LogP contribution in [-0.2, 0) is 0 Å². The summed E-state index contributed by atoms with van der Waals surface area (Å²) in [5.74, 6) is 0.687. The van der Waals surface area contributed by atoms with Gasteiger partial charge in [0.25, 0.3) is 0 Å². The van der Waals surface area contributed by atoms with Gasteiger partial charge < -0.3 is 16.2 Å². The molecule has 0 aliphatic rings. The van der Waals surface area contributed by atoms with Crippen molar-refractivity contribution in [2.45, 2.75) is 26.2 Å². The molecule has 0 radical (unpaired) electrons. The van der Waals surface area contributed by atoms with Gasteiger partial charge in [-0.05, 0) is 25.0 Å². The van der Waals surface area contributed by atoms with Gasteiger partial charge in [-0.15, -0.1) is 0 Å². The summed E-state index contributed by atoms with van der Waals surface area (Å²) in [6.45, 7) is 2.09. The van der Waals surface area contributed by atoms with Crippen LogP contribution in [0.1, 0.15) is 26.2 Å². The van der Waals surface area contributed by atoms with Gasteiger partial charge in [0.05, 0.1) is 22.5 Å². The Hall–Kier alpha value is -2.01. The number of halogens is 1. The number of aromatic nitrogens is 2. The van der Waals surface area contributed by atoms with Crippen molar-refractivity contribution in [2.75, 3.05) is 11.1 Å². The molecule has 106 valence electrons. The summed E-state index contributed by atoms with van der Waals surface area (Å²) >= 11 is 6.12. The van der Waals surface area contributed by atoms with Crippen LogP contribution in [0, 0.1) is 0 Å². The Morgan fingerprint density at radius 1 is 1.45 bits per heavy atom. The third-order valence-corrected chi connectivity index (χ3v) is 3.23. The van der Waals surface area contributed by atoms with Crippen LogP contribution in [0.3, 0.4) is 0 Å². The monoisotopic (exact) mass is 292 g/mol. The Balaban J connectivity index is 2.41. The van der Waals surface area contributed by atoms with Gasteiger partial charge in [0, 0.05) is 5.39 Å². The van der Waals surface area contributed by atoms with Crippen molar-refractivity contribution in [3.63, 3.8) is 0 Å². The molecule has 20 heavy (non-hydrogen) atoms. The van der Waals surface area contributed by atoms with E-state index in [1.54, 1.807) is 6.07 Å². The van der Waals surface area contributed by atoms with Crippen LogP contribution in [0.4, 0.5) is 11.8 Å². The number of hydrogen-bond acceptors (Lipinski definition) is 5. The van der Waals surface area contributed by atoms with Crippen molar-refractivity contribution in [1.29, 1.82) is 0 Å². The number of nitrogen functional groups attached to an aromatic ring is 1. The van der Waals surface area contributed by atoms with Gasteiger partial charge >= 0.3 is 0 Å². The van der Waals surface area contributed by atoms with Crippen LogP contribution >= 0.6 is 11.6 Å². The molecular weight excluding hydrogens is 276 g/mol. The molecule has 0 unspecified atom stereocenters. The van der Waals surface area contributed by atoms with Crippen molar-refractivity contribution >= 4 is 34.3 Å². The van der Waals surface area contributed by atoms with Crippen LogP contribution in [0.25, 0.3) is 10.9 Å². The number of allylic oxidation sites excluding steroid dienone is 1. The second-order valence-electron chi connectivity index (χ2n) is 4.45. The Morgan fingerprint density at radius 2 is 2.25 bits per heavy atom. The highest BCUT2D eigenvalue weighted by atomic mass is 35.5. The van der Waals surface area contributed by atoms with Crippen molar-refractivity contribution < 1.29 is 5.11 Å². The summed E-state index contributed by atoms with van der Waals surface area (Å²) in [6.07, 6.45) is 3.81. The fourth-order valence-corrected chi connectivity index (χ4v) is 2.13. The van der Waals surface area contributed by atoms with E-state index in [0.29, 0.717) is 22.1 Å². The van der Waals surface area contributed by atoms with E-state index in [9.17, 15) is 5.11 Å². The van der Waals surface area contributed by atoms with Crippen LogP contribution in [0.2, 0.25) is 5.02 Å². The lowest BCUT2D eigenvalue weighted by atomic mass is 10.2. The third kappa shape index (κ3) is 3.11. The minimum absolute atomic E-state index is 0.140. The van der Waals surface area contributed by atoms with Gasteiger partial charge in [-0.2, -0.15) is 4.98 Å². The molecule has 5 nitrogen and oxygen atoms in total. The van der Waals surface area contributed by atoms with Gasteiger partial charge in [-0.25, -0.2) is 4.98 Å². The first-order valence-electron chi connectivity index (χ1n) is 6.47. The maximum absolute atomic E-state index is 9.28. The smallest absolute Gasteiger partial charge is 0.222 e. The minimum atomic E-state index is 0.140. The molecule has 0 bridgehead atoms. The lowest BCUT2D eigenvalue weighted by Gasteiger charge is -2.12. The number of nitrogens with one attached hydrogen (secondary N) is 1. The van der Waals surface area contributed by atoms with E-state index in [2.05, 4.69) is 22.2 Å². The number of fused-ring (bicyclic) bond motifs is 1. The Bertz CT molecular complexity index is 642. The molecule has 0 spiro atoms. The van der Waals surface area contributed by atoms with E-state index >= 15 is 0 Å². The SMILES string of the molecule is CCCC/C(=C\O)Nc1nc(N)nc2c(Cl)cccc12. The molecule has 2 rings (SSSR count). The second-order valence-corrected chi connectivity index (χ2v) is 4.86. The van der Waals surface area contributed by atoms with Crippen LogP contribution in [0.5, 0.6) is 0 Å². The number of para-hydroxylation sites is 1. The summed E-state index contributed by atoms with van der Waals surface area (Å²) in [4.78, 5) is 8.33. The number of aliphatic hydroxyl groups is 1. The largest absolute Gasteiger partial charge is 0.514 e. The molecule has 6 heteroatoms. The average Bonchev–Trinajstić information content (AvgIpc) is 2.44. The fraction of sp³-hybridized carbons (Fsp3) is 0.286. The summed E-state index contributed by atoms with van der Waals surface area (Å²) in [5.41, 5.74) is 6.99. The molecule has 0 fully saturated rings. The number of unbranched alkanes of at least 4 members (excludes halogenated alkanes) is 1. The average molecular weight is 293 g/mol. The van der Waals surface area contributed by atoms with Crippen LogP contribution in [0.15, 0.2) is 30.2 Å².